The fourth-order valence-corrected chi connectivity index (χ4v) is 2.41. The van der Waals surface area contributed by atoms with Crippen molar-refractivity contribution in [3.8, 4) is 0 Å². The molecule has 3 N–H and O–H groups in total. The third-order valence-electron chi connectivity index (χ3n) is 2.81. The van der Waals surface area contributed by atoms with Gasteiger partial charge in [0.25, 0.3) is 0 Å². The highest BCUT2D eigenvalue weighted by molar-refractivity contribution is 7.89. The zero-order chi connectivity index (χ0) is 13.8. The van der Waals surface area contributed by atoms with Crippen LogP contribution in [0.5, 0.6) is 0 Å². The summed E-state index contributed by atoms with van der Waals surface area (Å²) in [6.07, 6.45) is 1.42. The summed E-state index contributed by atoms with van der Waals surface area (Å²) < 4.78 is 22.7. The number of benzene rings is 1. The summed E-state index contributed by atoms with van der Waals surface area (Å²) in [5.41, 5.74) is 0.233. The van der Waals surface area contributed by atoms with Crippen molar-refractivity contribution in [3.63, 3.8) is 0 Å². The van der Waals surface area contributed by atoms with Crippen molar-refractivity contribution >= 4 is 21.6 Å². The van der Waals surface area contributed by atoms with E-state index in [4.69, 9.17) is 5.14 Å². The lowest BCUT2D eigenvalue weighted by Gasteiger charge is -2.14. The number of anilines is 1. The second kappa shape index (κ2) is 5.97. The Morgan fingerprint density at radius 3 is 2.33 bits per heavy atom. The van der Waals surface area contributed by atoms with Crippen LogP contribution < -0.4 is 10.5 Å². The number of rotatable bonds is 5. The molecule has 0 aliphatic carbocycles. The number of para-hydroxylation sites is 1. The van der Waals surface area contributed by atoms with E-state index in [0.29, 0.717) is 12.8 Å². The number of hydrogen-bond donors (Lipinski definition) is 2. The molecule has 5 nitrogen and oxygen atoms in total. The average molecular weight is 270 g/mol. The minimum Gasteiger partial charge on any atom is -0.325 e. The molecule has 0 aliphatic heterocycles. The number of hydrogen-bond acceptors (Lipinski definition) is 3. The van der Waals surface area contributed by atoms with Crippen LogP contribution in [0.3, 0.4) is 0 Å². The van der Waals surface area contributed by atoms with Gasteiger partial charge in [-0.15, -0.1) is 0 Å². The Hall–Kier alpha value is -1.40. The monoisotopic (exact) mass is 270 g/mol. The number of nitrogens with two attached hydrogens (primary N) is 1. The minimum atomic E-state index is -3.83. The Morgan fingerprint density at radius 2 is 1.83 bits per heavy atom. The predicted octanol–water partition coefficient (Wildman–Crippen LogP) is 1.71. The van der Waals surface area contributed by atoms with Crippen LogP contribution in [0.25, 0.3) is 0 Å². The van der Waals surface area contributed by atoms with Crippen LogP contribution in [0.2, 0.25) is 0 Å². The van der Waals surface area contributed by atoms with Gasteiger partial charge in [0.2, 0.25) is 15.9 Å². The van der Waals surface area contributed by atoms with Gasteiger partial charge in [-0.05, 0) is 25.0 Å². The maximum Gasteiger partial charge on any atom is 0.240 e. The molecule has 18 heavy (non-hydrogen) atoms. The van der Waals surface area contributed by atoms with Gasteiger partial charge in [-0.1, -0.05) is 26.0 Å². The molecule has 0 radical (unpaired) electrons. The molecule has 1 rings (SSSR count). The van der Waals surface area contributed by atoms with Crippen molar-refractivity contribution in [3.05, 3.63) is 24.3 Å². The Labute approximate surface area is 107 Å². The first-order valence-electron chi connectivity index (χ1n) is 5.82. The van der Waals surface area contributed by atoms with Crippen LogP contribution in [0.4, 0.5) is 5.69 Å². The van der Waals surface area contributed by atoms with E-state index in [1.54, 1.807) is 12.1 Å². The van der Waals surface area contributed by atoms with Crippen LogP contribution in [-0.4, -0.2) is 14.3 Å². The van der Waals surface area contributed by atoms with Crippen molar-refractivity contribution in [2.75, 3.05) is 5.32 Å². The molecule has 0 fully saturated rings. The Bertz CT molecular complexity index is 522. The maximum atomic E-state index is 11.9. The van der Waals surface area contributed by atoms with Gasteiger partial charge in [0.05, 0.1) is 5.69 Å². The maximum absolute atomic E-state index is 11.9. The van der Waals surface area contributed by atoms with Gasteiger partial charge in [0.15, 0.2) is 0 Å². The smallest absolute Gasteiger partial charge is 0.240 e. The third-order valence-corrected chi connectivity index (χ3v) is 3.78. The molecule has 0 saturated heterocycles. The van der Waals surface area contributed by atoms with E-state index in [0.717, 1.165) is 0 Å². The largest absolute Gasteiger partial charge is 0.325 e. The number of primary sulfonamides is 1. The zero-order valence-corrected chi connectivity index (χ0v) is 11.3. The normalized spacial score (nSPS) is 11.6. The SMILES string of the molecule is CCC(CC)C(=O)Nc1ccccc1S(N)(=O)=O. The predicted molar refractivity (Wildman–Crippen MR) is 70.5 cm³/mol. The fourth-order valence-electron chi connectivity index (χ4n) is 1.71. The highest BCUT2D eigenvalue weighted by atomic mass is 32.2. The van der Waals surface area contributed by atoms with E-state index in [9.17, 15) is 13.2 Å². The van der Waals surface area contributed by atoms with E-state index in [1.807, 2.05) is 13.8 Å². The van der Waals surface area contributed by atoms with Crippen LogP contribution in [0.1, 0.15) is 26.7 Å². The van der Waals surface area contributed by atoms with Gasteiger partial charge in [-0.25, -0.2) is 13.6 Å². The topological polar surface area (TPSA) is 89.3 Å². The molecule has 0 bridgehead atoms. The van der Waals surface area contributed by atoms with Gasteiger partial charge in [0.1, 0.15) is 4.90 Å². The van der Waals surface area contributed by atoms with Crippen LogP contribution in [-0.2, 0) is 14.8 Å². The molecule has 0 spiro atoms. The standard InChI is InChI=1S/C12H18N2O3S/c1-3-9(4-2)12(15)14-10-7-5-6-8-11(10)18(13,16)17/h5-9H,3-4H2,1-2H3,(H,14,15)(H2,13,16,17). The fraction of sp³-hybridized carbons (Fsp3) is 0.417. The summed E-state index contributed by atoms with van der Waals surface area (Å²) in [6, 6.07) is 6.11. The molecule has 6 heteroatoms. The van der Waals surface area contributed by atoms with E-state index < -0.39 is 10.0 Å². The molecular formula is C12H18N2O3S. The lowest BCUT2D eigenvalue weighted by Crippen LogP contribution is -2.23. The Morgan fingerprint density at radius 1 is 1.28 bits per heavy atom. The van der Waals surface area contributed by atoms with Gasteiger partial charge in [-0.3, -0.25) is 4.79 Å². The lowest BCUT2D eigenvalue weighted by atomic mass is 10.0. The summed E-state index contributed by atoms with van der Waals surface area (Å²) in [5.74, 6) is -0.311. The summed E-state index contributed by atoms with van der Waals surface area (Å²) in [5, 5.41) is 7.72. The van der Waals surface area contributed by atoms with Crippen LogP contribution in [0, 0.1) is 5.92 Å². The molecule has 0 unspecified atom stereocenters. The van der Waals surface area contributed by atoms with Crippen LogP contribution in [0.15, 0.2) is 29.2 Å². The summed E-state index contributed by atoms with van der Waals surface area (Å²) >= 11 is 0. The Kier molecular flexibility index (Phi) is 4.86. The molecule has 0 aliphatic rings. The summed E-state index contributed by atoms with van der Waals surface area (Å²) in [4.78, 5) is 11.8. The van der Waals surface area contributed by atoms with E-state index in [2.05, 4.69) is 5.32 Å². The molecule has 1 aromatic rings. The van der Waals surface area contributed by atoms with Crippen molar-refractivity contribution in [2.45, 2.75) is 31.6 Å². The Balaban J connectivity index is 3.02. The van der Waals surface area contributed by atoms with E-state index in [-0.39, 0.29) is 22.4 Å². The van der Waals surface area contributed by atoms with Crippen molar-refractivity contribution in [2.24, 2.45) is 11.1 Å². The van der Waals surface area contributed by atoms with Crippen molar-refractivity contribution < 1.29 is 13.2 Å². The first kappa shape index (κ1) is 14.7. The number of nitrogens with one attached hydrogen (secondary N) is 1. The van der Waals surface area contributed by atoms with Gasteiger partial charge in [0, 0.05) is 5.92 Å². The first-order valence-corrected chi connectivity index (χ1v) is 7.37. The highest BCUT2D eigenvalue weighted by Gasteiger charge is 2.18. The molecule has 0 heterocycles. The molecule has 0 aromatic heterocycles. The quantitative estimate of drug-likeness (QED) is 0.853. The molecule has 0 atom stereocenters. The van der Waals surface area contributed by atoms with Gasteiger partial charge < -0.3 is 5.32 Å². The number of amides is 1. The van der Waals surface area contributed by atoms with E-state index in [1.165, 1.54) is 12.1 Å². The number of carbonyl (C=O) groups is 1. The average Bonchev–Trinajstić information content (AvgIpc) is 2.30. The molecule has 1 amide bonds. The number of carbonyl (C=O) groups excluding carboxylic acids is 1. The molecular weight excluding hydrogens is 252 g/mol. The van der Waals surface area contributed by atoms with Gasteiger partial charge >= 0.3 is 0 Å². The third kappa shape index (κ3) is 3.54. The second-order valence-electron chi connectivity index (χ2n) is 4.04. The van der Waals surface area contributed by atoms with Crippen LogP contribution >= 0.6 is 0 Å². The summed E-state index contributed by atoms with van der Waals surface area (Å²) in [7, 11) is -3.83. The highest BCUT2D eigenvalue weighted by Crippen LogP contribution is 2.21. The number of sulfonamides is 1. The summed E-state index contributed by atoms with van der Waals surface area (Å²) in [6.45, 7) is 3.83. The first-order chi connectivity index (χ1) is 8.40. The minimum absolute atomic E-state index is 0.0655. The van der Waals surface area contributed by atoms with E-state index >= 15 is 0 Å². The van der Waals surface area contributed by atoms with Crippen molar-refractivity contribution in [1.82, 2.24) is 0 Å². The molecule has 100 valence electrons. The zero-order valence-electron chi connectivity index (χ0n) is 10.5. The lowest BCUT2D eigenvalue weighted by molar-refractivity contribution is -0.120. The second-order valence-corrected chi connectivity index (χ2v) is 5.57. The van der Waals surface area contributed by atoms with Crippen molar-refractivity contribution in [1.29, 1.82) is 0 Å². The van der Waals surface area contributed by atoms with Gasteiger partial charge in [-0.2, -0.15) is 0 Å². The molecule has 0 saturated carbocycles. The molecule has 1 aromatic carbocycles.